The molecule has 0 aliphatic rings. The molecule has 0 atom stereocenters. The number of anilines is 2. The number of fused-ring (bicyclic) bond motifs is 1. The number of rotatable bonds is 8. The molecule has 2 heterocycles. The molecule has 37 heavy (non-hydrogen) atoms. The Morgan fingerprint density at radius 1 is 1.03 bits per heavy atom. The highest BCUT2D eigenvalue weighted by Gasteiger charge is 2.27. The summed E-state index contributed by atoms with van der Waals surface area (Å²) in [7, 11) is 2.98. The lowest BCUT2D eigenvalue weighted by Crippen LogP contribution is -2.25. The van der Waals surface area contributed by atoms with Gasteiger partial charge in [-0.15, -0.1) is 0 Å². The van der Waals surface area contributed by atoms with Crippen LogP contribution < -0.4 is 25.7 Å². The standard InChI is InChI=1S/C26H25ClN4O5S/c1-5-6-16-12-21(32)31-22(24(33)30-19-10-8-17(35-3)13-20(19)36-4)23(37-26(31)28-16)25(34)29-18-9-7-15(27)11-14(18)2/h7-13H,5-6H2,1-4H3,(H,29,34)(H,30,33). The smallest absolute Gasteiger partial charge is 0.274 e. The summed E-state index contributed by atoms with van der Waals surface area (Å²) in [6.45, 7) is 3.78. The molecule has 0 aliphatic heterocycles. The van der Waals surface area contributed by atoms with Crippen molar-refractivity contribution in [2.45, 2.75) is 26.7 Å². The Hall–Kier alpha value is -3.89. The van der Waals surface area contributed by atoms with Gasteiger partial charge in [0.1, 0.15) is 22.1 Å². The summed E-state index contributed by atoms with van der Waals surface area (Å²) >= 11 is 7.01. The molecule has 0 unspecified atom stereocenters. The van der Waals surface area contributed by atoms with E-state index in [0.29, 0.717) is 40.0 Å². The third-order valence-electron chi connectivity index (χ3n) is 5.59. The molecular formula is C26H25ClN4O5S. The van der Waals surface area contributed by atoms with Gasteiger partial charge in [-0.05, 0) is 49.2 Å². The quantitative estimate of drug-likeness (QED) is 0.318. The molecule has 0 fully saturated rings. The maximum Gasteiger partial charge on any atom is 0.274 e. The molecule has 192 valence electrons. The van der Waals surface area contributed by atoms with Crippen LogP contribution in [0, 0.1) is 6.92 Å². The van der Waals surface area contributed by atoms with Gasteiger partial charge in [0.2, 0.25) is 0 Å². The Bertz CT molecular complexity index is 1560. The molecule has 11 heteroatoms. The molecule has 0 bridgehead atoms. The van der Waals surface area contributed by atoms with Crippen molar-refractivity contribution in [3.8, 4) is 11.5 Å². The van der Waals surface area contributed by atoms with Crippen LogP contribution >= 0.6 is 22.9 Å². The Labute approximate surface area is 222 Å². The van der Waals surface area contributed by atoms with Gasteiger partial charge in [0.05, 0.1) is 19.9 Å². The van der Waals surface area contributed by atoms with Crippen LogP contribution in [0.3, 0.4) is 0 Å². The molecule has 2 aromatic carbocycles. The van der Waals surface area contributed by atoms with Crippen molar-refractivity contribution < 1.29 is 19.1 Å². The molecule has 0 saturated carbocycles. The van der Waals surface area contributed by atoms with Crippen LogP contribution in [-0.2, 0) is 6.42 Å². The number of nitrogens with zero attached hydrogens (tertiary/aromatic N) is 2. The molecule has 4 aromatic rings. The number of halogens is 1. The summed E-state index contributed by atoms with van der Waals surface area (Å²) in [6.07, 6.45) is 1.39. The van der Waals surface area contributed by atoms with Gasteiger partial charge >= 0.3 is 0 Å². The van der Waals surface area contributed by atoms with Crippen molar-refractivity contribution in [2.24, 2.45) is 0 Å². The maximum absolute atomic E-state index is 13.6. The van der Waals surface area contributed by atoms with E-state index in [1.54, 1.807) is 43.3 Å². The van der Waals surface area contributed by atoms with Crippen molar-refractivity contribution in [3.05, 3.63) is 79.7 Å². The number of methoxy groups -OCH3 is 2. The molecular weight excluding hydrogens is 516 g/mol. The van der Waals surface area contributed by atoms with Crippen molar-refractivity contribution in [3.63, 3.8) is 0 Å². The van der Waals surface area contributed by atoms with Crippen molar-refractivity contribution >= 4 is 51.1 Å². The third kappa shape index (κ3) is 5.45. The van der Waals surface area contributed by atoms with E-state index >= 15 is 0 Å². The predicted molar refractivity (Wildman–Crippen MR) is 145 cm³/mol. The van der Waals surface area contributed by atoms with E-state index in [9.17, 15) is 14.4 Å². The average molecular weight is 541 g/mol. The van der Waals surface area contributed by atoms with Gasteiger partial charge in [-0.1, -0.05) is 36.3 Å². The average Bonchev–Trinajstić information content (AvgIpc) is 3.26. The first-order valence-electron chi connectivity index (χ1n) is 11.4. The van der Waals surface area contributed by atoms with Gasteiger partial charge in [-0.2, -0.15) is 0 Å². The monoisotopic (exact) mass is 540 g/mol. The Kier molecular flexibility index (Phi) is 7.80. The fourth-order valence-electron chi connectivity index (χ4n) is 3.79. The van der Waals surface area contributed by atoms with E-state index < -0.39 is 17.4 Å². The minimum Gasteiger partial charge on any atom is -0.497 e. The van der Waals surface area contributed by atoms with Crippen molar-refractivity contribution in [1.82, 2.24) is 9.38 Å². The third-order valence-corrected chi connectivity index (χ3v) is 6.87. The van der Waals surface area contributed by atoms with E-state index in [-0.39, 0.29) is 15.5 Å². The predicted octanol–water partition coefficient (Wildman–Crippen LogP) is 5.19. The van der Waals surface area contributed by atoms with E-state index in [1.807, 2.05) is 6.92 Å². The number of nitrogens with one attached hydrogen (secondary N) is 2. The van der Waals surface area contributed by atoms with E-state index in [2.05, 4.69) is 15.6 Å². The number of hydrogen-bond donors (Lipinski definition) is 2. The minimum absolute atomic E-state index is 0.0394. The molecule has 0 saturated heterocycles. The number of benzene rings is 2. The number of aryl methyl sites for hydroxylation is 2. The molecule has 4 rings (SSSR count). The second kappa shape index (κ2) is 11.0. The van der Waals surface area contributed by atoms with Crippen LogP contribution in [0.25, 0.3) is 4.96 Å². The summed E-state index contributed by atoms with van der Waals surface area (Å²) in [6, 6.07) is 11.3. The Morgan fingerprint density at radius 2 is 1.76 bits per heavy atom. The number of hydrogen-bond acceptors (Lipinski definition) is 7. The lowest BCUT2D eigenvalue weighted by molar-refractivity contribution is 0.0989. The van der Waals surface area contributed by atoms with Gasteiger partial charge in [0.15, 0.2) is 4.96 Å². The number of carbonyl (C=O) groups excluding carboxylic acids is 2. The normalized spacial score (nSPS) is 10.8. The Balaban J connectivity index is 1.82. The summed E-state index contributed by atoms with van der Waals surface area (Å²) in [5.41, 5.74) is 1.65. The van der Waals surface area contributed by atoms with Crippen LogP contribution in [0.1, 0.15) is 44.8 Å². The van der Waals surface area contributed by atoms with Crippen LogP contribution in [-0.4, -0.2) is 35.4 Å². The first-order chi connectivity index (χ1) is 17.7. The van der Waals surface area contributed by atoms with E-state index in [1.165, 1.54) is 24.7 Å². The van der Waals surface area contributed by atoms with Crippen LogP contribution in [0.15, 0.2) is 47.3 Å². The molecule has 2 N–H and O–H groups in total. The highest BCUT2D eigenvalue weighted by atomic mass is 35.5. The topological polar surface area (TPSA) is 111 Å². The first kappa shape index (κ1) is 26.2. The highest BCUT2D eigenvalue weighted by Crippen LogP contribution is 2.31. The number of amides is 2. The maximum atomic E-state index is 13.6. The van der Waals surface area contributed by atoms with Crippen LogP contribution in [0.4, 0.5) is 11.4 Å². The zero-order chi connectivity index (χ0) is 26.7. The second-order valence-electron chi connectivity index (χ2n) is 8.17. The van der Waals surface area contributed by atoms with E-state index in [4.69, 9.17) is 21.1 Å². The SMILES string of the molecule is CCCc1cc(=O)n2c(C(=O)Nc3ccc(OC)cc3OC)c(C(=O)Nc3ccc(Cl)cc3C)sc2n1. The van der Waals surface area contributed by atoms with Crippen molar-refractivity contribution in [2.75, 3.05) is 24.9 Å². The molecule has 0 aliphatic carbocycles. The fraction of sp³-hybridized carbons (Fsp3) is 0.231. The molecule has 0 radical (unpaired) electrons. The largest absolute Gasteiger partial charge is 0.497 e. The number of thiazole rings is 1. The molecule has 2 amide bonds. The van der Waals surface area contributed by atoms with Gasteiger partial charge in [0, 0.05) is 28.5 Å². The van der Waals surface area contributed by atoms with Crippen molar-refractivity contribution in [1.29, 1.82) is 0 Å². The highest BCUT2D eigenvalue weighted by molar-refractivity contribution is 7.19. The van der Waals surface area contributed by atoms with Gasteiger partial charge in [-0.25, -0.2) is 9.38 Å². The van der Waals surface area contributed by atoms with Crippen LogP contribution in [0.5, 0.6) is 11.5 Å². The van der Waals surface area contributed by atoms with Gasteiger partial charge in [-0.3, -0.25) is 14.4 Å². The lowest BCUT2D eigenvalue weighted by Gasteiger charge is -2.13. The van der Waals surface area contributed by atoms with Gasteiger partial charge in [0.25, 0.3) is 17.4 Å². The Morgan fingerprint density at radius 3 is 2.43 bits per heavy atom. The molecule has 9 nitrogen and oxygen atoms in total. The zero-order valence-corrected chi connectivity index (χ0v) is 22.2. The fourth-order valence-corrected chi connectivity index (χ4v) is 5.06. The second-order valence-corrected chi connectivity index (χ2v) is 9.58. The minimum atomic E-state index is -0.667. The molecule has 2 aromatic heterocycles. The number of carbonyl (C=O) groups is 2. The van der Waals surface area contributed by atoms with E-state index in [0.717, 1.165) is 23.3 Å². The summed E-state index contributed by atoms with van der Waals surface area (Å²) < 4.78 is 11.8. The number of ether oxygens (including phenoxy) is 2. The summed E-state index contributed by atoms with van der Waals surface area (Å²) in [5.74, 6) is -0.326. The number of aromatic nitrogens is 2. The molecule has 0 spiro atoms. The van der Waals surface area contributed by atoms with Crippen LogP contribution in [0.2, 0.25) is 5.02 Å². The summed E-state index contributed by atoms with van der Waals surface area (Å²) in [4.78, 5) is 44.9. The zero-order valence-electron chi connectivity index (χ0n) is 20.7. The summed E-state index contributed by atoms with van der Waals surface area (Å²) in [5, 5.41) is 6.11. The van der Waals surface area contributed by atoms with Gasteiger partial charge < -0.3 is 20.1 Å². The lowest BCUT2D eigenvalue weighted by atomic mass is 10.2. The first-order valence-corrected chi connectivity index (χ1v) is 12.6.